The van der Waals surface area contributed by atoms with Crippen LogP contribution in [0.25, 0.3) is 5.69 Å². The monoisotopic (exact) mass is 618 g/mol. The van der Waals surface area contributed by atoms with Gasteiger partial charge in [-0.05, 0) is 51.8 Å². The van der Waals surface area contributed by atoms with E-state index in [9.17, 15) is 27.8 Å². The van der Waals surface area contributed by atoms with Crippen molar-refractivity contribution in [3.63, 3.8) is 0 Å². The molecule has 0 bridgehead atoms. The van der Waals surface area contributed by atoms with Crippen molar-refractivity contribution >= 4 is 27.5 Å². The fourth-order valence-corrected chi connectivity index (χ4v) is 5.05. The van der Waals surface area contributed by atoms with Crippen LogP contribution in [0.2, 0.25) is 5.02 Å². The minimum Gasteiger partial charge on any atom is -0.394 e. The van der Waals surface area contributed by atoms with Crippen molar-refractivity contribution < 1.29 is 32.5 Å². The molecule has 0 saturated carbocycles. The van der Waals surface area contributed by atoms with Crippen LogP contribution in [0, 0.1) is 5.82 Å². The molecule has 0 aliphatic carbocycles. The number of benzene rings is 2. The lowest BCUT2D eigenvalue weighted by Gasteiger charge is -2.41. The van der Waals surface area contributed by atoms with Crippen LogP contribution in [0.4, 0.5) is 17.6 Å². The van der Waals surface area contributed by atoms with E-state index in [2.05, 4.69) is 36.5 Å². The molecule has 5 unspecified atom stereocenters. The minimum absolute atomic E-state index is 0.0239. The van der Waals surface area contributed by atoms with Crippen LogP contribution >= 0.6 is 27.5 Å². The van der Waals surface area contributed by atoms with Crippen molar-refractivity contribution in [2.45, 2.75) is 43.0 Å². The molecule has 2 N–H and O–H groups in total. The smallest absolute Gasteiger partial charge is 0.394 e. The van der Waals surface area contributed by atoms with E-state index in [-0.39, 0.29) is 29.5 Å². The average molecular weight is 620 g/mol. The fourth-order valence-electron chi connectivity index (χ4n) is 4.63. The van der Waals surface area contributed by atoms with Gasteiger partial charge in [0.15, 0.2) is 5.82 Å². The first-order chi connectivity index (χ1) is 18.1. The highest BCUT2D eigenvalue weighted by Gasteiger charge is 2.45. The van der Waals surface area contributed by atoms with E-state index in [1.54, 1.807) is 12.1 Å². The lowest BCUT2D eigenvalue weighted by molar-refractivity contribution is -0.169. The van der Waals surface area contributed by atoms with Gasteiger partial charge in [0.1, 0.15) is 36.5 Å². The van der Waals surface area contributed by atoms with Crippen LogP contribution in [0.3, 0.4) is 0 Å². The summed E-state index contributed by atoms with van der Waals surface area (Å²) in [6.45, 7) is -0.369. The van der Waals surface area contributed by atoms with Crippen LogP contribution in [-0.2, 0) is 10.9 Å². The Morgan fingerprint density at radius 3 is 2.68 bits per heavy atom. The van der Waals surface area contributed by atoms with E-state index in [1.807, 2.05) is 0 Å². The first-order valence-corrected chi connectivity index (χ1v) is 12.6. The van der Waals surface area contributed by atoms with Crippen molar-refractivity contribution in [3.05, 3.63) is 75.0 Å². The maximum Gasteiger partial charge on any atom is 0.418 e. The zero-order valence-corrected chi connectivity index (χ0v) is 21.6. The van der Waals surface area contributed by atoms with Gasteiger partial charge in [-0.2, -0.15) is 18.3 Å². The molecule has 1 aromatic heterocycles. The molecule has 9 nitrogen and oxygen atoms in total. The highest BCUT2D eigenvalue weighted by Crippen LogP contribution is 2.40. The number of alkyl halides is 3. The normalized spacial score (nSPS) is 25.8. The predicted octanol–water partition coefficient (Wildman–Crippen LogP) is 4.82. The summed E-state index contributed by atoms with van der Waals surface area (Å²) in [6.07, 6.45) is -6.80. The third-order valence-corrected chi connectivity index (χ3v) is 7.39. The van der Waals surface area contributed by atoms with Crippen molar-refractivity contribution in [3.8, 4) is 5.69 Å². The number of hydrogen-bond acceptors (Lipinski definition) is 8. The van der Waals surface area contributed by atoms with E-state index in [0.29, 0.717) is 10.0 Å². The molecule has 2 aromatic carbocycles. The molecular weight excluding hydrogens is 600 g/mol. The summed E-state index contributed by atoms with van der Waals surface area (Å²) in [6, 6.07) is 6.48. The second kappa shape index (κ2) is 10.5. The summed E-state index contributed by atoms with van der Waals surface area (Å²) >= 11 is 9.11. The van der Waals surface area contributed by atoms with Gasteiger partial charge in [0.05, 0.1) is 34.9 Å². The lowest BCUT2D eigenvalue weighted by Crippen LogP contribution is -2.53. The zero-order chi connectivity index (χ0) is 27.2. The third kappa shape index (κ3) is 5.15. The average Bonchev–Trinajstić information content (AvgIpc) is 3.55. The molecule has 2 aliphatic rings. The topological polar surface area (TPSA) is 108 Å². The summed E-state index contributed by atoms with van der Waals surface area (Å²) < 4.78 is 62.6. The van der Waals surface area contributed by atoms with Crippen LogP contribution in [0.1, 0.15) is 35.5 Å². The third-order valence-electron chi connectivity index (χ3n) is 6.51. The maximum atomic E-state index is 14.0. The maximum absolute atomic E-state index is 14.0. The SMILES string of the molecule is OCC1OC(c2nncn2-c2cc(Cl)ccc2C(F)(F)F)CC(N2CC(c3ccc(Br)c(F)c3)N=N2)C1O. The molecule has 5 rings (SSSR count). The summed E-state index contributed by atoms with van der Waals surface area (Å²) in [7, 11) is 0. The highest BCUT2D eigenvalue weighted by molar-refractivity contribution is 9.10. The van der Waals surface area contributed by atoms with Crippen LogP contribution in [-0.4, -0.2) is 61.4 Å². The van der Waals surface area contributed by atoms with Gasteiger partial charge in [-0.1, -0.05) is 22.9 Å². The Balaban J connectivity index is 1.44. The molecule has 202 valence electrons. The summed E-state index contributed by atoms with van der Waals surface area (Å²) in [5, 5.41) is 38.5. The number of rotatable bonds is 5. The Hall–Kier alpha value is -2.65. The van der Waals surface area contributed by atoms with Crippen LogP contribution < -0.4 is 0 Å². The van der Waals surface area contributed by atoms with Crippen LogP contribution in [0.5, 0.6) is 0 Å². The Kier molecular flexibility index (Phi) is 7.44. The quantitative estimate of drug-likeness (QED) is 0.397. The number of ether oxygens (including phenoxy) is 1. The Labute approximate surface area is 226 Å². The molecule has 0 radical (unpaired) electrons. The molecule has 15 heteroatoms. The first kappa shape index (κ1) is 26.9. The molecule has 38 heavy (non-hydrogen) atoms. The number of nitrogens with zero attached hydrogens (tertiary/aromatic N) is 6. The number of aromatic nitrogens is 3. The molecule has 2 aliphatic heterocycles. The van der Waals surface area contributed by atoms with E-state index >= 15 is 0 Å². The molecular formula is C23H20BrClF4N6O3. The van der Waals surface area contributed by atoms with E-state index in [4.69, 9.17) is 16.3 Å². The largest absolute Gasteiger partial charge is 0.418 e. The van der Waals surface area contributed by atoms with Gasteiger partial charge in [0, 0.05) is 11.4 Å². The first-order valence-electron chi connectivity index (χ1n) is 11.4. The molecule has 0 amide bonds. The van der Waals surface area contributed by atoms with Gasteiger partial charge in [0.25, 0.3) is 0 Å². The van der Waals surface area contributed by atoms with Gasteiger partial charge in [-0.25, -0.2) is 4.39 Å². The molecule has 3 heterocycles. The predicted molar refractivity (Wildman–Crippen MR) is 129 cm³/mol. The van der Waals surface area contributed by atoms with Gasteiger partial charge < -0.3 is 14.9 Å². The fraction of sp³-hybridized carbons (Fsp3) is 0.391. The van der Waals surface area contributed by atoms with Gasteiger partial charge >= 0.3 is 6.18 Å². The second-order valence-corrected chi connectivity index (χ2v) is 10.2. The summed E-state index contributed by atoms with van der Waals surface area (Å²) in [5.74, 6) is -0.433. The van der Waals surface area contributed by atoms with Gasteiger partial charge in [0.2, 0.25) is 0 Å². The standard InChI is InChI=1S/C23H20BrClF4N6O3/c24-14-4-1-11(5-15(14)26)16-8-35(33-31-16)18-7-19(38-20(9-36)21(18)37)22-32-30-10-34(22)17-6-12(25)2-3-13(17)23(27,28)29/h1-6,10,16,18-21,36-37H,7-9H2. The molecule has 5 atom stereocenters. The Morgan fingerprint density at radius 1 is 1.18 bits per heavy atom. The number of aliphatic hydroxyl groups excluding tert-OH is 2. The Bertz CT molecular complexity index is 1360. The second-order valence-electron chi connectivity index (χ2n) is 8.87. The molecule has 3 aromatic rings. The van der Waals surface area contributed by atoms with Crippen LogP contribution in [0.15, 0.2) is 57.5 Å². The van der Waals surface area contributed by atoms with Crippen molar-refractivity contribution in [1.29, 1.82) is 0 Å². The van der Waals surface area contributed by atoms with E-state index in [1.165, 1.54) is 11.1 Å². The number of hydrogen-bond donors (Lipinski definition) is 2. The summed E-state index contributed by atoms with van der Waals surface area (Å²) in [5.41, 5.74) is -0.670. The minimum atomic E-state index is -4.68. The van der Waals surface area contributed by atoms with E-state index < -0.39 is 54.6 Å². The van der Waals surface area contributed by atoms with E-state index in [0.717, 1.165) is 29.1 Å². The summed E-state index contributed by atoms with van der Waals surface area (Å²) in [4.78, 5) is 0. The molecule has 0 spiro atoms. The Morgan fingerprint density at radius 2 is 1.97 bits per heavy atom. The van der Waals surface area contributed by atoms with Crippen molar-refractivity contribution in [2.24, 2.45) is 10.3 Å². The van der Waals surface area contributed by atoms with Gasteiger partial charge in [-0.3, -0.25) is 9.58 Å². The highest BCUT2D eigenvalue weighted by atomic mass is 79.9. The lowest BCUT2D eigenvalue weighted by atomic mass is 9.94. The molecule has 1 fully saturated rings. The molecule has 1 saturated heterocycles. The zero-order valence-electron chi connectivity index (χ0n) is 19.3. The van der Waals surface area contributed by atoms with Crippen molar-refractivity contribution in [2.75, 3.05) is 13.2 Å². The van der Waals surface area contributed by atoms with Gasteiger partial charge in [-0.15, -0.1) is 10.2 Å². The number of halogens is 6. The van der Waals surface area contributed by atoms with Crippen molar-refractivity contribution in [1.82, 2.24) is 19.8 Å². The number of aliphatic hydroxyl groups is 2.